The predicted molar refractivity (Wildman–Crippen MR) is 104 cm³/mol. The molecule has 3 aromatic rings. The number of fused-ring (bicyclic) bond motifs is 1. The monoisotopic (exact) mass is 365 g/mol. The molecule has 1 aromatic heterocycles. The lowest BCUT2D eigenvalue weighted by atomic mass is 10.1. The normalized spacial score (nSPS) is 10.9. The Labute approximate surface area is 157 Å². The van der Waals surface area contributed by atoms with Crippen molar-refractivity contribution in [1.29, 1.82) is 0 Å². The number of benzene rings is 2. The molecule has 1 heterocycles. The Balaban J connectivity index is 1.51. The standard InChI is InChI=1S/C21H23N3O3/c1-27-14-16-8-3-2-7-15(16)13-22-20(25)12-6-11-19-23-18-10-5-4-9-17(18)21(26)24-19/h2-5,7-10H,6,11-14H2,1H3,(H,22,25)(H,23,24,26). The first-order chi connectivity index (χ1) is 13.2. The van der Waals surface area contributed by atoms with Gasteiger partial charge in [-0.3, -0.25) is 9.59 Å². The smallest absolute Gasteiger partial charge is 0.258 e. The van der Waals surface area contributed by atoms with Crippen LogP contribution in [0.5, 0.6) is 0 Å². The molecule has 6 heteroatoms. The topological polar surface area (TPSA) is 84.1 Å². The van der Waals surface area contributed by atoms with E-state index >= 15 is 0 Å². The number of nitrogens with one attached hydrogen (secondary N) is 2. The van der Waals surface area contributed by atoms with Gasteiger partial charge in [-0.15, -0.1) is 0 Å². The lowest BCUT2D eigenvalue weighted by Crippen LogP contribution is -2.23. The summed E-state index contributed by atoms with van der Waals surface area (Å²) in [5.74, 6) is 0.585. The largest absolute Gasteiger partial charge is 0.380 e. The van der Waals surface area contributed by atoms with Gasteiger partial charge in [-0.2, -0.15) is 0 Å². The molecular formula is C21H23N3O3. The summed E-state index contributed by atoms with van der Waals surface area (Å²) in [6, 6.07) is 15.1. The van der Waals surface area contributed by atoms with Crippen LogP contribution in [-0.2, 0) is 29.1 Å². The van der Waals surface area contributed by atoms with E-state index in [0.29, 0.717) is 49.1 Å². The first-order valence-electron chi connectivity index (χ1n) is 8.97. The number of aryl methyl sites for hydroxylation is 1. The van der Waals surface area contributed by atoms with E-state index in [1.165, 1.54) is 0 Å². The number of hydrogen-bond donors (Lipinski definition) is 2. The molecule has 0 aliphatic heterocycles. The average molecular weight is 365 g/mol. The van der Waals surface area contributed by atoms with Crippen molar-refractivity contribution in [3.8, 4) is 0 Å². The fraction of sp³-hybridized carbons (Fsp3) is 0.286. The molecule has 0 radical (unpaired) electrons. The zero-order valence-electron chi connectivity index (χ0n) is 15.3. The quantitative estimate of drug-likeness (QED) is 0.643. The third-order valence-electron chi connectivity index (χ3n) is 4.37. The van der Waals surface area contributed by atoms with Crippen molar-refractivity contribution in [3.63, 3.8) is 0 Å². The first kappa shape index (κ1) is 18.8. The molecule has 2 N–H and O–H groups in total. The van der Waals surface area contributed by atoms with E-state index < -0.39 is 0 Å². The van der Waals surface area contributed by atoms with Crippen molar-refractivity contribution >= 4 is 16.8 Å². The average Bonchev–Trinajstić information content (AvgIpc) is 2.68. The van der Waals surface area contributed by atoms with E-state index in [9.17, 15) is 9.59 Å². The number of nitrogens with zero attached hydrogens (tertiary/aromatic N) is 1. The van der Waals surface area contributed by atoms with E-state index in [-0.39, 0.29) is 11.5 Å². The summed E-state index contributed by atoms with van der Waals surface area (Å²) in [7, 11) is 1.65. The number of methoxy groups -OCH3 is 1. The van der Waals surface area contributed by atoms with Crippen LogP contribution in [0.3, 0.4) is 0 Å². The molecular weight excluding hydrogens is 342 g/mol. The molecule has 1 amide bonds. The van der Waals surface area contributed by atoms with Gasteiger partial charge in [0.15, 0.2) is 0 Å². The fourth-order valence-electron chi connectivity index (χ4n) is 2.98. The van der Waals surface area contributed by atoms with E-state index in [2.05, 4.69) is 15.3 Å². The van der Waals surface area contributed by atoms with Crippen LogP contribution < -0.4 is 10.9 Å². The molecule has 0 saturated heterocycles. The molecule has 2 aromatic carbocycles. The number of carbonyl (C=O) groups is 1. The van der Waals surface area contributed by atoms with Crippen LogP contribution in [0.1, 0.15) is 29.8 Å². The van der Waals surface area contributed by atoms with Crippen LogP contribution in [0.4, 0.5) is 0 Å². The number of rotatable bonds is 8. The van der Waals surface area contributed by atoms with Crippen molar-refractivity contribution in [2.24, 2.45) is 0 Å². The van der Waals surface area contributed by atoms with Gasteiger partial charge in [0.1, 0.15) is 5.82 Å². The summed E-state index contributed by atoms with van der Waals surface area (Å²) in [6.07, 6.45) is 1.55. The molecule has 140 valence electrons. The minimum atomic E-state index is -0.144. The summed E-state index contributed by atoms with van der Waals surface area (Å²) < 4.78 is 5.18. The molecule has 0 fully saturated rings. The second kappa shape index (κ2) is 9.09. The number of aromatic nitrogens is 2. The summed E-state index contributed by atoms with van der Waals surface area (Å²) in [4.78, 5) is 31.4. The van der Waals surface area contributed by atoms with Crippen molar-refractivity contribution in [3.05, 3.63) is 75.8 Å². The highest BCUT2D eigenvalue weighted by atomic mass is 16.5. The van der Waals surface area contributed by atoms with E-state index in [4.69, 9.17) is 4.74 Å². The molecule has 3 rings (SSSR count). The number of carbonyl (C=O) groups excluding carboxylic acids is 1. The summed E-state index contributed by atoms with van der Waals surface area (Å²) in [6.45, 7) is 0.996. The highest BCUT2D eigenvalue weighted by Crippen LogP contribution is 2.10. The molecule has 0 atom stereocenters. The third-order valence-corrected chi connectivity index (χ3v) is 4.37. The van der Waals surface area contributed by atoms with E-state index in [1.807, 2.05) is 42.5 Å². The van der Waals surface area contributed by atoms with Crippen LogP contribution in [-0.4, -0.2) is 23.0 Å². The minimum Gasteiger partial charge on any atom is -0.380 e. The highest BCUT2D eigenvalue weighted by Gasteiger charge is 2.07. The predicted octanol–water partition coefficient (Wildman–Crippen LogP) is 2.71. The van der Waals surface area contributed by atoms with E-state index in [1.54, 1.807) is 13.2 Å². The Hall–Kier alpha value is -2.99. The SMILES string of the molecule is COCc1ccccc1CNC(=O)CCCc1nc2ccccc2c(=O)[nH]1. The van der Waals surface area contributed by atoms with Gasteiger partial charge in [-0.05, 0) is 29.7 Å². The number of aromatic amines is 1. The van der Waals surface area contributed by atoms with Crippen LogP contribution in [0, 0.1) is 0 Å². The zero-order valence-corrected chi connectivity index (χ0v) is 15.3. The Bertz CT molecular complexity index is 982. The summed E-state index contributed by atoms with van der Waals surface area (Å²) in [5, 5.41) is 3.52. The van der Waals surface area contributed by atoms with Gasteiger partial charge < -0.3 is 15.0 Å². The van der Waals surface area contributed by atoms with Crippen molar-refractivity contribution < 1.29 is 9.53 Å². The molecule has 0 aliphatic carbocycles. The van der Waals surface area contributed by atoms with E-state index in [0.717, 1.165) is 11.1 Å². The van der Waals surface area contributed by atoms with Crippen molar-refractivity contribution in [2.75, 3.05) is 7.11 Å². The molecule has 6 nitrogen and oxygen atoms in total. The number of ether oxygens (including phenoxy) is 1. The molecule has 0 unspecified atom stereocenters. The van der Waals surface area contributed by atoms with Gasteiger partial charge in [-0.1, -0.05) is 36.4 Å². The van der Waals surface area contributed by atoms with Gasteiger partial charge in [0.25, 0.3) is 5.56 Å². The number of H-pyrrole nitrogens is 1. The van der Waals surface area contributed by atoms with Crippen LogP contribution in [0.2, 0.25) is 0 Å². The number of hydrogen-bond acceptors (Lipinski definition) is 4. The summed E-state index contributed by atoms with van der Waals surface area (Å²) >= 11 is 0. The fourth-order valence-corrected chi connectivity index (χ4v) is 2.98. The van der Waals surface area contributed by atoms with Crippen LogP contribution in [0.15, 0.2) is 53.3 Å². The zero-order chi connectivity index (χ0) is 19.1. The Morgan fingerprint density at radius 2 is 1.85 bits per heavy atom. The van der Waals surface area contributed by atoms with Crippen molar-refractivity contribution in [2.45, 2.75) is 32.4 Å². The third kappa shape index (κ3) is 5.01. The minimum absolute atomic E-state index is 0.0228. The van der Waals surface area contributed by atoms with Gasteiger partial charge in [0.05, 0.1) is 17.5 Å². The maximum atomic E-state index is 12.1. The van der Waals surface area contributed by atoms with Gasteiger partial charge in [0.2, 0.25) is 5.91 Å². The molecule has 0 aliphatic rings. The lowest BCUT2D eigenvalue weighted by molar-refractivity contribution is -0.121. The second-order valence-electron chi connectivity index (χ2n) is 6.36. The number of amides is 1. The van der Waals surface area contributed by atoms with Gasteiger partial charge in [0, 0.05) is 26.5 Å². The first-order valence-corrected chi connectivity index (χ1v) is 8.97. The molecule has 0 saturated carbocycles. The lowest BCUT2D eigenvalue weighted by Gasteiger charge is -2.10. The maximum Gasteiger partial charge on any atom is 0.258 e. The second-order valence-corrected chi connectivity index (χ2v) is 6.36. The van der Waals surface area contributed by atoms with Crippen LogP contribution >= 0.6 is 0 Å². The van der Waals surface area contributed by atoms with Gasteiger partial charge >= 0.3 is 0 Å². The summed E-state index contributed by atoms with van der Waals surface area (Å²) in [5.41, 5.74) is 2.65. The Kier molecular flexibility index (Phi) is 6.33. The van der Waals surface area contributed by atoms with Crippen molar-refractivity contribution in [1.82, 2.24) is 15.3 Å². The number of para-hydroxylation sites is 1. The highest BCUT2D eigenvalue weighted by molar-refractivity contribution is 5.77. The maximum absolute atomic E-state index is 12.1. The molecule has 27 heavy (non-hydrogen) atoms. The van der Waals surface area contributed by atoms with Crippen LogP contribution in [0.25, 0.3) is 10.9 Å². The Morgan fingerprint density at radius 1 is 1.11 bits per heavy atom. The molecule has 0 bridgehead atoms. The molecule has 0 spiro atoms. The van der Waals surface area contributed by atoms with Gasteiger partial charge in [-0.25, -0.2) is 4.98 Å². The Morgan fingerprint density at radius 3 is 2.67 bits per heavy atom.